The summed E-state index contributed by atoms with van der Waals surface area (Å²) >= 11 is 0. The molecule has 160 valence electrons. The fourth-order valence-corrected chi connectivity index (χ4v) is 13.7. The normalized spacial score (nSPS) is 21.6. The Morgan fingerprint density at radius 2 is 1.33 bits per heavy atom. The zero-order chi connectivity index (χ0) is 22.3. The molecule has 1 aliphatic rings. The molecule has 3 rings (SSSR count). The van der Waals surface area contributed by atoms with E-state index in [1.54, 1.807) is 15.9 Å². The number of hydrogen-bond acceptors (Lipinski definition) is 0. The van der Waals surface area contributed by atoms with E-state index in [1.807, 2.05) is 0 Å². The van der Waals surface area contributed by atoms with Gasteiger partial charge in [-0.15, -0.1) is 0 Å². The molecule has 0 spiro atoms. The minimum atomic E-state index is -2.32. The van der Waals surface area contributed by atoms with Gasteiger partial charge in [0.25, 0.3) is 0 Å². The van der Waals surface area contributed by atoms with Crippen molar-refractivity contribution in [1.82, 2.24) is 0 Å². The molecule has 30 heavy (non-hydrogen) atoms. The lowest BCUT2D eigenvalue weighted by Gasteiger charge is -2.54. The second kappa shape index (κ2) is 8.00. The molecule has 2 aromatic carbocycles. The van der Waals surface area contributed by atoms with Crippen molar-refractivity contribution in [3.05, 3.63) is 82.5 Å². The van der Waals surface area contributed by atoms with Crippen molar-refractivity contribution in [1.29, 1.82) is 0 Å². The molecule has 0 amide bonds. The van der Waals surface area contributed by atoms with Gasteiger partial charge in [0.15, 0.2) is 0 Å². The van der Waals surface area contributed by atoms with Crippen LogP contribution in [0.4, 0.5) is 0 Å². The van der Waals surface area contributed by atoms with Gasteiger partial charge in [-0.2, -0.15) is 0 Å². The summed E-state index contributed by atoms with van der Waals surface area (Å²) < 4.78 is 0. The highest BCUT2D eigenvalue weighted by Crippen LogP contribution is 2.59. The van der Waals surface area contributed by atoms with Gasteiger partial charge >= 0.3 is 0 Å². The maximum absolute atomic E-state index is 2.62. The van der Waals surface area contributed by atoms with Gasteiger partial charge in [0, 0.05) is 5.04 Å². The molecule has 0 heterocycles. The van der Waals surface area contributed by atoms with Crippen LogP contribution >= 0.6 is 0 Å². The minimum absolute atomic E-state index is 0.0398. The Morgan fingerprint density at radius 3 is 1.73 bits per heavy atom. The van der Waals surface area contributed by atoms with Crippen molar-refractivity contribution < 1.29 is 0 Å². The van der Waals surface area contributed by atoms with Crippen LogP contribution in [0.1, 0.15) is 73.4 Å². The average Bonchev–Trinajstić information content (AvgIpc) is 2.91. The third-order valence-electron chi connectivity index (χ3n) is 7.85. The lowest BCUT2D eigenvalue weighted by Crippen LogP contribution is -2.70. The minimum Gasteiger partial charge on any atom is -0.0733 e. The summed E-state index contributed by atoms with van der Waals surface area (Å²) in [7, 11) is -2.32. The van der Waals surface area contributed by atoms with E-state index in [0.29, 0.717) is 0 Å². The highest BCUT2D eigenvalue weighted by Gasteiger charge is 2.60. The fraction of sp³-hybridized carbons (Fsp3) is 0.448. The van der Waals surface area contributed by atoms with Crippen LogP contribution in [-0.2, 0) is 12.8 Å². The molecule has 0 fully saturated rings. The van der Waals surface area contributed by atoms with Crippen LogP contribution in [0, 0.1) is 0 Å². The van der Waals surface area contributed by atoms with Gasteiger partial charge in [-0.1, -0.05) is 118 Å². The summed E-state index contributed by atoms with van der Waals surface area (Å²) in [5.41, 5.74) is 7.45. The molecule has 0 aliphatic heterocycles. The van der Waals surface area contributed by atoms with Crippen LogP contribution in [0.5, 0.6) is 0 Å². The molecular formula is C29H40Si. The summed E-state index contributed by atoms with van der Waals surface area (Å²) in [5, 5.41) is 3.33. The molecule has 0 bridgehead atoms. The SMILES string of the molecule is CCc1cc(CC)cc([Si](c2ccccc2)(C(C)(C)C)C2(C)C=C(C)C(C)=C2C)c1. The number of allylic oxidation sites excluding steroid dienone is 4. The molecule has 1 aliphatic carbocycles. The van der Waals surface area contributed by atoms with Crippen LogP contribution in [0.25, 0.3) is 0 Å². The molecule has 2 aromatic rings. The zero-order valence-corrected chi connectivity index (χ0v) is 21.6. The van der Waals surface area contributed by atoms with Gasteiger partial charge in [-0.3, -0.25) is 0 Å². The topological polar surface area (TPSA) is 0 Å². The van der Waals surface area contributed by atoms with Gasteiger partial charge in [0.1, 0.15) is 8.07 Å². The maximum atomic E-state index is 2.62. The molecule has 0 radical (unpaired) electrons. The molecule has 1 heteroatoms. The summed E-state index contributed by atoms with van der Waals surface area (Å²) in [5.74, 6) is 0. The van der Waals surface area contributed by atoms with Crippen LogP contribution < -0.4 is 10.4 Å². The fourth-order valence-electron chi connectivity index (χ4n) is 6.21. The van der Waals surface area contributed by atoms with E-state index >= 15 is 0 Å². The predicted molar refractivity (Wildman–Crippen MR) is 137 cm³/mol. The number of rotatable bonds is 5. The molecule has 0 saturated heterocycles. The molecular weight excluding hydrogens is 376 g/mol. The van der Waals surface area contributed by atoms with Crippen molar-refractivity contribution in [2.75, 3.05) is 0 Å². The van der Waals surface area contributed by atoms with Crippen LogP contribution in [-0.4, -0.2) is 8.07 Å². The lowest BCUT2D eigenvalue weighted by atomic mass is 10.0. The van der Waals surface area contributed by atoms with Crippen molar-refractivity contribution in [2.24, 2.45) is 0 Å². The number of aryl methyl sites for hydroxylation is 2. The second-order valence-corrected chi connectivity index (χ2v) is 15.6. The van der Waals surface area contributed by atoms with E-state index in [9.17, 15) is 0 Å². The van der Waals surface area contributed by atoms with E-state index in [-0.39, 0.29) is 10.1 Å². The third kappa shape index (κ3) is 3.26. The van der Waals surface area contributed by atoms with Gasteiger partial charge in [0.2, 0.25) is 0 Å². The average molecular weight is 417 g/mol. The van der Waals surface area contributed by atoms with E-state index < -0.39 is 8.07 Å². The van der Waals surface area contributed by atoms with Gasteiger partial charge in [-0.05, 0) is 55.4 Å². The maximum Gasteiger partial charge on any atom is 0.136 e. The van der Waals surface area contributed by atoms with Crippen molar-refractivity contribution in [3.8, 4) is 0 Å². The highest BCUT2D eigenvalue weighted by atomic mass is 28.3. The van der Waals surface area contributed by atoms with Gasteiger partial charge in [0.05, 0.1) is 0 Å². The number of hydrogen-bond donors (Lipinski definition) is 0. The van der Waals surface area contributed by atoms with Crippen molar-refractivity contribution in [2.45, 2.75) is 85.2 Å². The van der Waals surface area contributed by atoms with Crippen LogP contribution in [0.2, 0.25) is 10.1 Å². The van der Waals surface area contributed by atoms with Gasteiger partial charge < -0.3 is 0 Å². The lowest BCUT2D eigenvalue weighted by molar-refractivity contribution is 0.683. The summed E-state index contributed by atoms with van der Waals surface area (Å²) in [6.07, 6.45) is 4.79. The summed E-state index contributed by atoms with van der Waals surface area (Å²) in [6.45, 7) is 21.6. The highest BCUT2D eigenvalue weighted by molar-refractivity contribution is 7.07. The first-order valence-corrected chi connectivity index (χ1v) is 13.6. The summed E-state index contributed by atoms with van der Waals surface area (Å²) in [4.78, 5) is 0. The molecule has 0 nitrogen and oxygen atoms in total. The summed E-state index contributed by atoms with van der Waals surface area (Å²) in [6, 6.07) is 19.0. The molecule has 0 saturated carbocycles. The third-order valence-corrected chi connectivity index (χ3v) is 14.5. The Morgan fingerprint density at radius 1 is 0.800 bits per heavy atom. The second-order valence-electron chi connectivity index (χ2n) is 10.4. The monoisotopic (exact) mass is 416 g/mol. The smallest absolute Gasteiger partial charge is 0.0733 e. The van der Waals surface area contributed by atoms with Gasteiger partial charge in [-0.25, -0.2) is 0 Å². The number of benzene rings is 2. The Labute approximate surface area is 186 Å². The standard InChI is InChI=1S/C29H40Si/c1-10-24-17-25(11-2)19-27(18-24)30(28(6,7)8,26-15-13-12-14-16-26)29(9)20-21(3)22(4)23(29)5/h12-20H,10-11H2,1-9H3. The first kappa shape index (κ1) is 22.8. The molecule has 0 N–H and O–H groups in total. The molecule has 2 unspecified atom stereocenters. The van der Waals surface area contributed by atoms with E-state index in [4.69, 9.17) is 0 Å². The Balaban J connectivity index is 2.54. The van der Waals surface area contributed by atoms with Crippen molar-refractivity contribution >= 4 is 18.4 Å². The van der Waals surface area contributed by atoms with E-state index in [2.05, 4.69) is 117 Å². The van der Waals surface area contributed by atoms with Crippen LogP contribution in [0.3, 0.4) is 0 Å². The Bertz CT molecular complexity index is 965. The Kier molecular flexibility index (Phi) is 6.08. The first-order chi connectivity index (χ1) is 14.0. The van der Waals surface area contributed by atoms with E-state index in [1.165, 1.54) is 22.3 Å². The quantitative estimate of drug-likeness (QED) is 0.451. The Hall–Kier alpha value is -1.86. The van der Waals surface area contributed by atoms with E-state index in [0.717, 1.165) is 12.8 Å². The first-order valence-electron chi connectivity index (χ1n) is 11.6. The van der Waals surface area contributed by atoms with Crippen molar-refractivity contribution in [3.63, 3.8) is 0 Å². The largest absolute Gasteiger partial charge is 0.136 e. The predicted octanol–water partition coefficient (Wildman–Crippen LogP) is 7.23. The molecule has 0 aromatic heterocycles. The van der Waals surface area contributed by atoms with Crippen LogP contribution in [0.15, 0.2) is 71.3 Å². The molecule has 2 atom stereocenters. The zero-order valence-electron chi connectivity index (χ0n) is 20.6.